The Morgan fingerprint density at radius 3 is 2.30 bits per heavy atom. The molecule has 0 bridgehead atoms. The summed E-state index contributed by atoms with van der Waals surface area (Å²) in [5.41, 5.74) is 2.56. The Hall–Kier alpha value is -2.48. The Morgan fingerprint density at radius 1 is 1.03 bits per heavy atom. The first kappa shape index (κ1) is 22.2. The molecule has 8 heteroatoms. The van der Waals surface area contributed by atoms with Crippen molar-refractivity contribution >= 4 is 11.9 Å². The lowest BCUT2D eigenvalue weighted by Crippen LogP contribution is -2.49. The lowest BCUT2D eigenvalue weighted by atomic mass is 9.99. The number of nitrogens with one attached hydrogen (secondary N) is 1. The first-order valence-electron chi connectivity index (χ1n) is 10.8. The highest BCUT2D eigenvalue weighted by atomic mass is 16.5. The van der Waals surface area contributed by atoms with Gasteiger partial charge in [0.2, 0.25) is 5.91 Å². The largest absolute Gasteiger partial charge is 0.493 e. The molecular formula is C22H35N5O3. The molecule has 1 N–H and O–H groups in total. The Labute approximate surface area is 179 Å². The van der Waals surface area contributed by atoms with E-state index in [4.69, 9.17) is 14.5 Å². The lowest BCUT2D eigenvalue weighted by molar-refractivity contribution is -0.130. The summed E-state index contributed by atoms with van der Waals surface area (Å²) < 4.78 is 10.9. The lowest BCUT2D eigenvalue weighted by Gasteiger charge is -2.34. The number of hydrogen-bond donors (Lipinski definition) is 1. The molecule has 0 aliphatic carbocycles. The third-order valence-electron chi connectivity index (χ3n) is 5.85. The molecule has 1 aromatic rings. The second kappa shape index (κ2) is 10.5. The van der Waals surface area contributed by atoms with Crippen LogP contribution in [0.25, 0.3) is 0 Å². The molecule has 3 rings (SSSR count). The van der Waals surface area contributed by atoms with Gasteiger partial charge in [-0.1, -0.05) is 0 Å². The number of carbonyl (C=O) groups is 1. The zero-order valence-corrected chi connectivity index (χ0v) is 18.7. The highest BCUT2D eigenvalue weighted by molar-refractivity contribution is 5.80. The highest BCUT2D eigenvalue weighted by Gasteiger charge is 2.22. The average molecular weight is 418 g/mol. The molecule has 1 saturated heterocycles. The zero-order chi connectivity index (χ0) is 21.5. The Morgan fingerprint density at radius 2 is 1.70 bits per heavy atom. The molecule has 2 aliphatic heterocycles. The minimum absolute atomic E-state index is 0.168. The number of amides is 1. The van der Waals surface area contributed by atoms with E-state index in [9.17, 15) is 4.79 Å². The maximum Gasteiger partial charge on any atom is 0.219 e. The summed E-state index contributed by atoms with van der Waals surface area (Å²) >= 11 is 0. The number of hydrogen-bond acceptors (Lipinski definition) is 5. The van der Waals surface area contributed by atoms with Crippen molar-refractivity contribution in [2.45, 2.75) is 26.8 Å². The number of guanidine groups is 1. The Kier molecular flexibility index (Phi) is 7.79. The molecule has 30 heavy (non-hydrogen) atoms. The second-order valence-electron chi connectivity index (χ2n) is 7.73. The van der Waals surface area contributed by atoms with Crippen LogP contribution in [0.15, 0.2) is 17.1 Å². The molecule has 0 unspecified atom stereocenters. The fourth-order valence-corrected chi connectivity index (χ4v) is 4.07. The molecule has 8 nitrogen and oxygen atoms in total. The van der Waals surface area contributed by atoms with Crippen LogP contribution < -0.4 is 14.8 Å². The molecule has 0 saturated carbocycles. The number of nitrogens with zero attached hydrogens (tertiary/aromatic N) is 4. The third kappa shape index (κ3) is 5.36. The van der Waals surface area contributed by atoms with Gasteiger partial charge >= 0.3 is 0 Å². The molecular weight excluding hydrogens is 382 g/mol. The van der Waals surface area contributed by atoms with E-state index in [0.29, 0.717) is 0 Å². The van der Waals surface area contributed by atoms with Crippen molar-refractivity contribution in [1.29, 1.82) is 0 Å². The number of ether oxygens (including phenoxy) is 2. The average Bonchev–Trinajstić information content (AvgIpc) is 2.77. The maximum absolute atomic E-state index is 11.5. The molecule has 0 spiro atoms. The van der Waals surface area contributed by atoms with Gasteiger partial charge in [-0.25, -0.2) is 0 Å². The third-order valence-corrected chi connectivity index (χ3v) is 5.85. The van der Waals surface area contributed by atoms with E-state index in [2.05, 4.69) is 34.2 Å². The van der Waals surface area contributed by atoms with Crippen LogP contribution in [0.5, 0.6) is 11.5 Å². The normalized spacial score (nSPS) is 17.5. The zero-order valence-electron chi connectivity index (χ0n) is 18.7. The van der Waals surface area contributed by atoms with Crippen LogP contribution in [0.3, 0.4) is 0 Å². The fraction of sp³-hybridized carbons (Fsp3) is 0.636. The van der Waals surface area contributed by atoms with Crippen LogP contribution in [0, 0.1) is 0 Å². The van der Waals surface area contributed by atoms with E-state index >= 15 is 0 Å². The summed E-state index contributed by atoms with van der Waals surface area (Å²) in [5.74, 6) is 2.68. The van der Waals surface area contributed by atoms with E-state index in [1.807, 2.05) is 4.90 Å². The van der Waals surface area contributed by atoms with E-state index < -0.39 is 0 Å². The predicted molar refractivity (Wildman–Crippen MR) is 118 cm³/mol. The fourth-order valence-electron chi connectivity index (χ4n) is 4.07. The molecule has 1 aromatic carbocycles. The van der Waals surface area contributed by atoms with E-state index in [1.54, 1.807) is 21.1 Å². The van der Waals surface area contributed by atoms with Crippen LogP contribution in [0.2, 0.25) is 0 Å². The Balaban J connectivity index is 1.60. The van der Waals surface area contributed by atoms with Crippen molar-refractivity contribution in [2.24, 2.45) is 4.99 Å². The highest BCUT2D eigenvalue weighted by Crippen LogP contribution is 2.33. The number of methoxy groups -OCH3 is 2. The van der Waals surface area contributed by atoms with Gasteiger partial charge in [0, 0.05) is 59.3 Å². The quantitative estimate of drug-likeness (QED) is 0.554. The van der Waals surface area contributed by atoms with E-state index in [-0.39, 0.29) is 5.91 Å². The molecule has 2 heterocycles. The minimum atomic E-state index is 0.168. The monoisotopic (exact) mass is 417 g/mol. The van der Waals surface area contributed by atoms with Gasteiger partial charge < -0.3 is 24.6 Å². The van der Waals surface area contributed by atoms with Crippen molar-refractivity contribution < 1.29 is 14.3 Å². The van der Waals surface area contributed by atoms with Crippen LogP contribution >= 0.6 is 0 Å². The standard InChI is InChI=1S/C22H35N5O3/c1-5-23-22(24-7-9-25-10-12-26(13-11-25)17(2)28)27-8-6-18-14-20(29-3)21(30-4)15-19(18)16-27/h14-15H,5-13,16H2,1-4H3,(H,23,24). The van der Waals surface area contributed by atoms with Gasteiger partial charge in [-0.3, -0.25) is 14.7 Å². The van der Waals surface area contributed by atoms with Gasteiger partial charge in [0.1, 0.15) is 0 Å². The predicted octanol–water partition coefficient (Wildman–Crippen LogP) is 1.19. The smallest absolute Gasteiger partial charge is 0.219 e. The number of benzene rings is 1. The summed E-state index contributed by atoms with van der Waals surface area (Å²) in [6.07, 6.45) is 0.951. The van der Waals surface area contributed by atoms with Crippen LogP contribution in [-0.2, 0) is 17.8 Å². The number of fused-ring (bicyclic) bond motifs is 1. The Bertz CT molecular complexity index is 759. The molecule has 0 atom stereocenters. The first-order chi connectivity index (χ1) is 14.5. The molecule has 1 amide bonds. The maximum atomic E-state index is 11.5. The van der Waals surface area contributed by atoms with Gasteiger partial charge in [0.15, 0.2) is 17.5 Å². The topological polar surface area (TPSA) is 69.6 Å². The second-order valence-corrected chi connectivity index (χ2v) is 7.73. The van der Waals surface area contributed by atoms with E-state index in [1.165, 1.54) is 11.1 Å². The van der Waals surface area contributed by atoms with Crippen LogP contribution in [0.4, 0.5) is 0 Å². The van der Waals surface area contributed by atoms with Crippen molar-refractivity contribution in [2.75, 3.05) is 66.6 Å². The minimum Gasteiger partial charge on any atom is -0.493 e. The first-order valence-corrected chi connectivity index (χ1v) is 10.8. The number of rotatable bonds is 6. The molecule has 2 aliphatic rings. The summed E-state index contributed by atoms with van der Waals surface area (Å²) in [6, 6.07) is 4.18. The summed E-state index contributed by atoms with van der Waals surface area (Å²) in [7, 11) is 3.35. The van der Waals surface area contributed by atoms with Crippen molar-refractivity contribution in [3.8, 4) is 11.5 Å². The molecule has 1 fully saturated rings. The summed E-state index contributed by atoms with van der Waals surface area (Å²) in [6.45, 7) is 11.4. The molecule has 0 aromatic heterocycles. The van der Waals surface area contributed by atoms with E-state index in [0.717, 1.165) is 82.8 Å². The summed E-state index contributed by atoms with van der Waals surface area (Å²) in [4.78, 5) is 23.0. The number of piperazine rings is 1. The van der Waals surface area contributed by atoms with Gasteiger partial charge in [-0.2, -0.15) is 0 Å². The summed E-state index contributed by atoms with van der Waals surface area (Å²) in [5, 5.41) is 3.44. The van der Waals surface area contributed by atoms with Crippen LogP contribution in [0.1, 0.15) is 25.0 Å². The number of carbonyl (C=O) groups excluding carboxylic acids is 1. The number of aliphatic imine (C=N–C) groups is 1. The SMILES string of the molecule is CCNC(=NCCN1CCN(C(C)=O)CC1)N1CCc2cc(OC)c(OC)cc2C1. The van der Waals surface area contributed by atoms with Gasteiger partial charge in [-0.15, -0.1) is 0 Å². The van der Waals surface area contributed by atoms with Gasteiger partial charge in [0.25, 0.3) is 0 Å². The van der Waals surface area contributed by atoms with Crippen molar-refractivity contribution in [3.05, 3.63) is 23.3 Å². The molecule has 166 valence electrons. The van der Waals surface area contributed by atoms with Gasteiger partial charge in [-0.05, 0) is 36.6 Å². The van der Waals surface area contributed by atoms with Gasteiger partial charge in [0.05, 0.1) is 20.8 Å². The van der Waals surface area contributed by atoms with Crippen LogP contribution in [-0.4, -0.2) is 93.1 Å². The van der Waals surface area contributed by atoms with Crippen molar-refractivity contribution in [3.63, 3.8) is 0 Å². The van der Waals surface area contributed by atoms with Crippen molar-refractivity contribution in [1.82, 2.24) is 20.0 Å². The molecule has 0 radical (unpaired) electrons.